The summed E-state index contributed by atoms with van der Waals surface area (Å²) < 4.78 is 5.26. The number of esters is 1. The molecule has 0 bridgehead atoms. The topological polar surface area (TPSA) is 76.7 Å². The molecule has 0 unspecified atom stereocenters. The van der Waals surface area contributed by atoms with Crippen LogP contribution in [0.15, 0.2) is 35.3 Å². The van der Waals surface area contributed by atoms with Gasteiger partial charge in [0.25, 0.3) is 0 Å². The Kier molecular flexibility index (Phi) is 12.1. The van der Waals surface area contributed by atoms with E-state index in [9.17, 15) is 4.79 Å². The van der Waals surface area contributed by atoms with Crippen molar-refractivity contribution in [3.63, 3.8) is 0 Å². The van der Waals surface area contributed by atoms with Gasteiger partial charge in [0.1, 0.15) is 6.61 Å². The van der Waals surface area contributed by atoms with Crippen LogP contribution in [0.3, 0.4) is 0 Å². The van der Waals surface area contributed by atoms with Gasteiger partial charge in [-0.05, 0) is 31.2 Å². The molecule has 1 aliphatic carbocycles. The van der Waals surface area contributed by atoms with E-state index in [1.54, 1.807) is 0 Å². The normalized spacial score (nSPS) is 15.6. The third kappa shape index (κ3) is 9.99. The van der Waals surface area contributed by atoms with E-state index in [0.29, 0.717) is 31.6 Å². The van der Waals surface area contributed by atoms with Crippen LogP contribution in [0.1, 0.15) is 63.4 Å². The monoisotopic (exact) mass is 473 g/mol. The summed E-state index contributed by atoms with van der Waals surface area (Å²) >= 11 is 0. The molecular weight excluding hydrogens is 441 g/mol. The molecule has 0 aromatic heterocycles. The molecule has 2 rings (SSSR count). The van der Waals surface area contributed by atoms with E-state index in [0.717, 1.165) is 18.4 Å². The number of nitrogens with one attached hydrogen (secondary N) is 1. The van der Waals surface area contributed by atoms with Crippen LogP contribution in [-0.4, -0.2) is 24.5 Å². The lowest BCUT2D eigenvalue weighted by Gasteiger charge is -2.16. The first kappa shape index (κ1) is 22.7. The van der Waals surface area contributed by atoms with Gasteiger partial charge in [-0.1, -0.05) is 56.0 Å². The number of benzene rings is 1. The van der Waals surface area contributed by atoms with E-state index in [2.05, 4.69) is 10.3 Å². The molecular formula is C20H32IN3O2. The maximum absolute atomic E-state index is 11.7. The zero-order valence-corrected chi connectivity index (χ0v) is 17.8. The summed E-state index contributed by atoms with van der Waals surface area (Å²) in [6.45, 7) is 0.994. The Morgan fingerprint density at radius 1 is 1.12 bits per heavy atom. The maximum atomic E-state index is 11.7. The van der Waals surface area contributed by atoms with Crippen molar-refractivity contribution in [3.8, 4) is 0 Å². The van der Waals surface area contributed by atoms with Gasteiger partial charge in [0.15, 0.2) is 5.96 Å². The zero-order chi connectivity index (χ0) is 17.7. The number of aliphatic imine (C=N–C) groups is 1. The Balaban J connectivity index is 0.00000338. The van der Waals surface area contributed by atoms with Crippen LogP contribution in [0, 0.1) is 0 Å². The minimum atomic E-state index is -0.155. The first-order chi connectivity index (χ1) is 12.2. The molecule has 6 heteroatoms. The highest BCUT2D eigenvalue weighted by Crippen LogP contribution is 2.16. The van der Waals surface area contributed by atoms with E-state index in [4.69, 9.17) is 10.5 Å². The number of carbonyl (C=O) groups excluding carboxylic acids is 1. The number of unbranched alkanes of at least 4 members (excludes halogenated alkanes) is 1. The van der Waals surface area contributed by atoms with Gasteiger partial charge in [0.05, 0.1) is 0 Å². The Labute approximate surface area is 174 Å². The van der Waals surface area contributed by atoms with Crippen molar-refractivity contribution < 1.29 is 9.53 Å². The quantitative estimate of drug-likeness (QED) is 0.149. The van der Waals surface area contributed by atoms with E-state index in [1.807, 2.05) is 30.3 Å². The average Bonchev–Trinajstić information content (AvgIpc) is 2.89. The van der Waals surface area contributed by atoms with Gasteiger partial charge in [-0.3, -0.25) is 9.79 Å². The van der Waals surface area contributed by atoms with E-state index < -0.39 is 0 Å². The van der Waals surface area contributed by atoms with Crippen LogP contribution >= 0.6 is 24.0 Å². The third-order valence-corrected chi connectivity index (χ3v) is 4.52. The third-order valence-electron chi connectivity index (χ3n) is 4.52. The van der Waals surface area contributed by atoms with Crippen molar-refractivity contribution in [2.45, 2.75) is 70.4 Å². The predicted octanol–water partition coefficient (Wildman–Crippen LogP) is 4.15. The zero-order valence-electron chi connectivity index (χ0n) is 15.5. The van der Waals surface area contributed by atoms with Gasteiger partial charge in [0.2, 0.25) is 0 Å². The molecule has 0 atom stereocenters. The maximum Gasteiger partial charge on any atom is 0.306 e. The number of nitrogens with two attached hydrogens (primary N) is 1. The van der Waals surface area contributed by atoms with Gasteiger partial charge in [-0.2, -0.15) is 0 Å². The number of hydrogen-bond donors (Lipinski definition) is 2. The number of nitrogens with zero attached hydrogens (tertiary/aromatic N) is 1. The molecule has 0 saturated heterocycles. The van der Waals surface area contributed by atoms with Gasteiger partial charge in [0, 0.05) is 19.0 Å². The molecule has 146 valence electrons. The lowest BCUT2D eigenvalue weighted by Crippen LogP contribution is -2.39. The molecule has 0 spiro atoms. The van der Waals surface area contributed by atoms with Crippen molar-refractivity contribution in [2.75, 3.05) is 6.54 Å². The smallest absolute Gasteiger partial charge is 0.306 e. The number of guanidine groups is 1. The average molecular weight is 473 g/mol. The summed E-state index contributed by atoms with van der Waals surface area (Å²) in [6, 6.07) is 10.2. The summed E-state index contributed by atoms with van der Waals surface area (Å²) in [7, 11) is 0. The summed E-state index contributed by atoms with van der Waals surface area (Å²) in [4.78, 5) is 16.1. The second kappa shape index (κ2) is 13.8. The Morgan fingerprint density at radius 3 is 2.50 bits per heavy atom. The largest absolute Gasteiger partial charge is 0.461 e. The molecule has 1 fully saturated rings. The molecule has 3 N–H and O–H groups in total. The van der Waals surface area contributed by atoms with Crippen LogP contribution in [-0.2, 0) is 16.1 Å². The molecule has 5 nitrogen and oxygen atoms in total. The molecule has 1 aliphatic rings. The fraction of sp³-hybridized carbons (Fsp3) is 0.600. The number of ether oxygens (including phenoxy) is 1. The molecule has 0 radical (unpaired) electrons. The van der Waals surface area contributed by atoms with E-state index in [1.165, 1.54) is 38.5 Å². The van der Waals surface area contributed by atoms with Gasteiger partial charge in [-0.15, -0.1) is 24.0 Å². The van der Waals surface area contributed by atoms with Crippen LogP contribution in [0.25, 0.3) is 0 Å². The molecule has 0 aliphatic heterocycles. The fourth-order valence-corrected chi connectivity index (χ4v) is 3.07. The lowest BCUT2D eigenvalue weighted by atomic mass is 10.1. The molecule has 1 aromatic rings. The second-order valence-electron chi connectivity index (χ2n) is 6.70. The second-order valence-corrected chi connectivity index (χ2v) is 6.70. The number of carbonyl (C=O) groups is 1. The van der Waals surface area contributed by atoms with Crippen molar-refractivity contribution >= 4 is 35.9 Å². The molecule has 26 heavy (non-hydrogen) atoms. The summed E-state index contributed by atoms with van der Waals surface area (Å²) in [5, 5.41) is 3.33. The Hall–Kier alpha value is -1.31. The molecule has 1 aromatic carbocycles. The van der Waals surface area contributed by atoms with Gasteiger partial charge in [-0.25, -0.2) is 0 Å². The van der Waals surface area contributed by atoms with Crippen molar-refractivity contribution in [3.05, 3.63) is 35.9 Å². The van der Waals surface area contributed by atoms with E-state index in [-0.39, 0.29) is 29.9 Å². The molecule has 0 heterocycles. The van der Waals surface area contributed by atoms with Gasteiger partial charge < -0.3 is 15.8 Å². The highest BCUT2D eigenvalue weighted by molar-refractivity contribution is 14.0. The van der Waals surface area contributed by atoms with Crippen LogP contribution < -0.4 is 11.1 Å². The number of hydrogen-bond acceptors (Lipinski definition) is 3. The molecule has 1 saturated carbocycles. The van der Waals surface area contributed by atoms with Crippen molar-refractivity contribution in [2.24, 2.45) is 10.7 Å². The summed E-state index contributed by atoms with van der Waals surface area (Å²) in [5.74, 6) is 0.385. The Morgan fingerprint density at radius 2 is 1.81 bits per heavy atom. The standard InChI is InChI=1S/C20H31N3O2.HI/c21-20(23-18-12-6-1-2-7-13-18)22-15-9-8-14-19(24)25-16-17-10-4-3-5-11-17;/h3-5,10-11,18H,1-2,6-9,12-16H2,(H3,21,22,23);1H. The van der Waals surface area contributed by atoms with Crippen molar-refractivity contribution in [1.82, 2.24) is 5.32 Å². The minimum absolute atomic E-state index is 0. The fourth-order valence-electron chi connectivity index (χ4n) is 3.07. The predicted molar refractivity (Wildman–Crippen MR) is 117 cm³/mol. The van der Waals surface area contributed by atoms with Crippen LogP contribution in [0.2, 0.25) is 0 Å². The summed E-state index contributed by atoms with van der Waals surface area (Å²) in [6.07, 6.45) is 9.61. The van der Waals surface area contributed by atoms with Crippen LogP contribution in [0.5, 0.6) is 0 Å². The first-order valence-electron chi connectivity index (χ1n) is 9.50. The van der Waals surface area contributed by atoms with Crippen molar-refractivity contribution in [1.29, 1.82) is 0 Å². The SMILES string of the molecule is I.NC(=NCCCCC(=O)OCc1ccccc1)NC1CCCCCC1. The molecule has 0 amide bonds. The summed E-state index contributed by atoms with van der Waals surface area (Å²) in [5.41, 5.74) is 6.97. The minimum Gasteiger partial charge on any atom is -0.461 e. The highest BCUT2D eigenvalue weighted by atomic mass is 127. The number of rotatable bonds is 8. The van der Waals surface area contributed by atoms with Gasteiger partial charge >= 0.3 is 5.97 Å². The first-order valence-corrected chi connectivity index (χ1v) is 9.50. The Bertz CT molecular complexity index is 529. The van der Waals surface area contributed by atoms with Crippen LogP contribution in [0.4, 0.5) is 0 Å². The van der Waals surface area contributed by atoms with E-state index >= 15 is 0 Å². The highest BCUT2D eigenvalue weighted by Gasteiger charge is 2.12. The lowest BCUT2D eigenvalue weighted by molar-refractivity contribution is -0.145. The number of halogens is 1.